The summed E-state index contributed by atoms with van der Waals surface area (Å²) in [5, 5.41) is 0. The van der Waals surface area contributed by atoms with Crippen molar-refractivity contribution in [2.45, 2.75) is 39.5 Å². The maximum atomic E-state index is 11.7. The molecule has 0 bridgehead atoms. The molecule has 3 nitrogen and oxygen atoms in total. The van der Waals surface area contributed by atoms with Gasteiger partial charge in [0.1, 0.15) is 5.78 Å². The molecule has 0 aliphatic heterocycles. The van der Waals surface area contributed by atoms with Gasteiger partial charge in [0, 0.05) is 12.7 Å². The van der Waals surface area contributed by atoms with E-state index < -0.39 is 0 Å². The van der Waals surface area contributed by atoms with Crippen molar-refractivity contribution in [1.29, 1.82) is 0 Å². The van der Waals surface area contributed by atoms with E-state index in [1.165, 1.54) is 17.4 Å². The van der Waals surface area contributed by atoms with Gasteiger partial charge in [-0.25, -0.2) is 0 Å². The van der Waals surface area contributed by atoms with Crippen molar-refractivity contribution in [2.75, 3.05) is 11.9 Å². The molecule has 0 N–H and O–H groups in total. The number of benzene rings is 1. The molecule has 0 aliphatic rings. The van der Waals surface area contributed by atoms with Gasteiger partial charge >= 0.3 is 0 Å². The van der Waals surface area contributed by atoms with Gasteiger partial charge in [-0.2, -0.15) is 0 Å². The van der Waals surface area contributed by atoms with Crippen LogP contribution in [0.4, 0.5) is 5.69 Å². The third kappa shape index (κ3) is 3.69. The predicted molar refractivity (Wildman–Crippen MR) is 73.9 cm³/mol. The van der Waals surface area contributed by atoms with Crippen LogP contribution in [0.5, 0.6) is 0 Å². The second-order valence-corrected chi connectivity index (χ2v) is 5.63. The third-order valence-corrected chi connectivity index (χ3v) is 2.89. The van der Waals surface area contributed by atoms with Gasteiger partial charge in [0.2, 0.25) is 5.91 Å². The SMILES string of the molecule is CC(=O)CC(=O)N(C)c1ccc(C(C)(C)C)cc1. The molecule has 0 atom stereocenters. The van der Waals surface area contributed by atoms with E-state index in [1.54, 1.807) is 7.05 Å². The summed E-state index contributed by atoms with van der Waals surface area (Å²) >= 11 is 0. The lowest BCUT2D eigenvalue weighted by Crippen LogP contribution is -2.27. The number of anilines is 1. The lowest BCUT2D eigenvalue weighted by atomic mass is 9.87. The Morgan fingerprint density at radius 1 is 1.11 bits per heavy atom. The van der Waals surface area contributed by atoms with Crippen LogP contribution in [0.15, 0.2) is 24.3 Å². The molecule has 98 valence electrons. The van der Waals surface area contributed by atoms with Gasteiger partial charge in [-0.05, 0) is 30.0 Å². The first-order chi connectivity index (χ1) is 8.21. The second-order valence-electron chi connectivity index (χ2n) is 5.63. The summed E-state index contributed by atoms with van der Waals surface area (Å²) in [5.74, 6) is -0.288. The van der Waals surface area contributed by atoms with Gasteiger partial charge in [-0.3, -0.25) is 9.59 Å². The van der Waals surface area contributed by atoms with E-state index in [1.807, 2.05) is 24.3 Å². The molecule has 0 fully saturated rings. The Morgan fingerprint density at radius 3 is 2.00 bits per heavy atom. The van der Waals surface area contributed by atoms with E-state index in [2.05, 4.69) is 20.8 Å². The summed E-state index contributed by atoms with van der Waals surface area (Å²) in [7, 11) is 1.69. The van der Waals surface area contributed by atoms with Crippen molar-refractivity contribution < 1.29 is 9.59 Å². The lowest BCUT2D eigenvalue weighted by molar-refractivity contribution is -0.125. The number of carbonyl (C=O) groups is 2. The Bertz CT molecular complexity index is 441. The normalized spacial score (nSPS) is 11.2. The Kier molecular flexibility index (Phi) is 4.28. The van der Waals surface area contributed by atoms with Crippen molar-refractivity contribution in [2.24, 2.45) is 0 Å². The highest BCUT2D eigenvalue weighted by Crippen LogP contribution is 2.24. The van der Waals surface area contributed by atoms with Crippen molar-refractivity contribution in [3.63, 3.8) is 0 Å². The molecule has 0 heterocycles. The summed E-state index contributed by atoms with van der Waals surface area (Å²) in [6, 6.07) is 7.87. The minimum absolute atomic E-state index is 0.0441. The molecular formula is C15H21NO2. The number of amides is 1. The van der Waals surface area contributed by atoms with Gasteiger partial charge in [0.15, 0.2) is 0 Å². The van der Waals surface area contributed by atoms with Crippen LogP contribution in [0.3, 0.4) is 0 Å². The topological polar surface area (TPSA) is 37.4 Å². The van der Waals surface area contributed by atoms with E-state index >= 15 is 0 Å². The Labute approximate surface area is 109 Å². The summed E-state index contributed by atoms with van der Waals surface area (Å²) < 4.78 is 0. The maximum Gasteiger partial charge on any atom is 0.234 e. The summed E-state index contributed by atoms with van der Waals surface area (Å²) in [6.45, 7) is 7.86. The molecule has 0 saturated carbocycles. The third-order valence-electron chi connectivity index (χ3n) is 2.89. The van der Waals surface area contributed by atoms with Crippen LogP contribution in [0.1, 0.15) is 39.7 Å². The fourth-order valence-electron chi connectivity index (χ4n) is 1.66. The highest BCUT2D eigenvalue weighted by molar-refractivity contribution is 6.04. The quantitative estimate of drug-likeness (QED) is 0.770. The average Bonchev–Trinajstić information content (AvgIpc) is 2.26. The van der Waals surface area contributed by atoms with E-state index in [4.69, 9.17) is 0 Å². The number of rotatable bonds is 3. The van der Waals surface area contributed by atoms with Crippen LogP contribution < -0.4 is 4.90 Å². The fourth-order valence-corrected chi connectivity index (χ4v) is 1.66. The monoisotopic (exact) mass is 247 g/mol. The number of hydrogen-bond donors (Lipinski definition) is 0. The molecule has 0 unspecified atom stereocenters. The van der Waals surface area contributed by atoms with Crippen LogP contribution in [-0.4, -0.2) is 18.7 Å². The van der Waals surface area contributed by atoms with Crippen molar-refractivity contribution in [1.82, 2.24) is 0 Å². The molecule has 1 rings (SSSR count). The van der Waals surface area contributed by atoms with Crippen molar-refractivity contribution >= 4 is 17.4 Å². The maximum absolute atomic E-state index is 11.7. The zero-order valence-electron chi connectivity index (χ0n) is 11.8. The van der Waals surface area contributed by atoms with Gasteiger partial charge in [0.25, 0.3) is 0 Å². The van der Waals surface area contributed by atoms with Gasteiger partial charge in [0.05, 0.1) is 6.42 Å². The first-order valence-corrected chi connectivity index (χ1v) is 6.08. The summed E-state index contributed by atoms with van der Waals surface area (Å²) in [6.07, 6.45) is -0.0441. The first kappa shape index (κ1) is 14.4. The highest BCUT2D eigenvalue weighted by Gasteiger charge is 2.16. The fraction of sp³-hybridized carbons (Fsp3) is 0.467. The van der Waals surface area contributed by atoms with Gasteiger partial charge < -0.3 is 4.90 Å². The largest absolute Gasteiger partial charge is 0.315 e. The molecule has 1 aromatic rings. The molecule has 0 aromatic heterocycles. The molecule has 0 aliphatic carbocycles. The summed E-state index contributed by atoms with van der Waals surface area (Å²) in [4.78, 5) is 24.2. The minimum Gasteiger partial charge on any atom is -0.315 e. The van der Waals surface area contributed by atoms with Gasteiger partial charge in [-0.1, -0.05) is 32.9 Å². The van der Waals surface area contributed by atoms with Crippen LogP contribution in [0.2, 0.25) is 0 Å². The Balaban J connectivity index is 2.85. The molecule has 0 saturated heterocycles. The Morgan fingerprint density at radius 2 is 1.61 bits per heavy atom. The molecule has 18 heavy (non-hydrogen) atoms. The van der Waals surface area contributed by atoms with E-state index in [0.717, 1.165) is 5.69 Å². The second kappa shape index (κ2) is 5.34. The number of Topliss-reactive ketones (excluding diaryl/α,β-unsaturated/α-hetero) is 1. The van der Waals surface area contributed by atoms with Crippen LogP contribution in [0, 0.1) is 0 Å². The van der Waals surface area contributed by atoms with Crippen LogP contribution in [0.25, 0.3) is 0 Å². The number of carbonyl (C=O) groups excluding carboxylic acids is 2. The number of nitrogens with zero attached hydrogens (tertiary/aromatic N) is 1. The summed E-state index contributed by atoms with van der Waals surface area (Å²) in [5.41, 5.74) is 2.13. The molecule has 0 radical (unpaired) electrons. The standard InChI is InChI=1S/C15H21NO2/c1-11(17)10-14(18)16(5)13-8-6-12(7-9-13)15(2,3)4/h6-9H,10H2,1-5H3. The molecular weight excluding hydrogens is 226 g/mol. The lowest BCUT2D eigenvalue weighted by Gasteiger charge is -2.21. The molecule has 1 amide bonds. The predicted octanol–water partition coefficient (Wildman–Crippen LogP) is 2.93. The number of ketones is 1. The molecule has 1 aromatic carbocycles. The molecule has 0 spiro atoms. The average molecular weight is 247 g/mol. The Hall–Kier alpha value is -1.64. The van der Waals surface area contributed by atoms with Gasteiger partial charge in [-0.15, -0.1) is 0 Å². The van der Waals surface area contributed by atoms with E-state index in [0.29, 0.717) is 0 Å². The van der Waals surface area contributed by atoms with E-state index in [9.17, 15) is 9.59 Å². The van der Waals surface area contributed by atoms with E-state index in [-0.39, 0.29) is 23.5 Å². The zero-order valence-corrected chi connectivity index (χ0v) is 11.8. The van der Waals surface area contributed by atoms with Crippen LogP contribution in [-0.2, 0) is 15.0 Å². The first-order valence-electron chi connectivity index (χ1n) is 6.08. The van der Waals surface area contributed by atoms with Crippen molar-refractivity contribution in [3.8, 4) is 0 Å². The zero-order chi connectivity index (χ0) is 13.9. The minimum atomic E-state index is -0.175. The van der Waals surface area contributed by atoms with Crippen molar-refractivity contribution in [3.05, 3.63) is 29.8 Å². The molecule has 3 heteroatoms. The highest BCUT2D eigenvalue weighted by atomic mass is 16.2. The number of hydrogen-bond acceptors (Lipinski definition) is 2. The smallest absolute Gasteiger partial charge is 0.234 e. The van der Waals surface area contributed by atoms with Crippen LogP contribution >= 0.6 is 0 Å².